The molecule has 0 saturated heterocycles. The van der Waals surface area contributed by atoms with Gasteiger partial charge in [0.15, 0.2) is 11.9 Å². The molecule has 19 heavy (non-hydrogen) atoms. The second-order valence-electron chi connectivity index (χ2n) is 4.46. The third-order valence-corrected chi connectivity index (χ3v) is 3.06. The highest BCUT2D eigenvalue weighted by atomic mass is 19.1. The molecule has 0 saturated carbocycles. The lowest BCUT2D eigenvalue weighted by atomic mass is 10.2. The van der Waals surface area contributed by atoms with Gasteiger partial charge in [0.1, 0.15) is 5.82 Å². The fourth-order valence-electron chi connectivity index (χ4n) is 1.81. The van der Waals surface area contributed by atoms with Crippen molar-refractivity contribution < 1.29 is 13.8 Å². The summed E-state index contributed by atoms with van der Waals surface area (Å²) in [6.07, 6.45) is 1.87. The Morgan fingerprint density at radius 2 is 1.89 bits per heavy atom. The minimum atomic E-state index is -0.318. The maximum absolute atomic E-state index is 12.8. The van der Waals surface area contributed by atoms with E-state index in [-0.39, 0.29) is 18.3 Å². The zero-order valence-corrected chi connectivity index (χ0v) is 11.0. The van der Waals surface area contributed by atoms with Gasteiger partial charge in [0, 0.05) is 24.2 Å². The van der Waals surface area contributed by atoms with E-state index in [1.54, 1.807) is 12.1 Å². The van der Waals surface area contributed by atoms with Gasteiger partial charge in [-0.1, -0.05) is 0 Å². The number of hydrogen-bond acceptors (Lipinski definition) is 1. The maximum atomic E-state index is 12.8. The second-order valence-corrected chi connectivity index (χ2v) is 4.46. The molecule has 3 nitrogen and oxygen atoms in total. The van der Waals surface area contributed by atoms with Crippen molar-refractivity contribution in [3.63, 3.8) is 0 Å². The van der Waals surface area contributed by atoms with Gasteiger partial charge in [-0.25, -0.2) is 4.39 Å². The van der Waals surface area contributed by atoms with Gasteiger partial charge < -0.3 is 5.32 Å². The summed E-state index contributed by atoms with van der Waals surface area (Å²) in [5.74, 6) is -0.452. The van der Waals surface area contributed by atoms with Gasteiger partial charge in [0.25, 0.3) is 5.91 Å². The molecule has 0 atom stereocenters. The molecule has 0 spiro atoms. The minimum Gasteiger partial charge on any atom is -0.321 e. The van der Waals surface area contributed by atoms with Crippen molar-refractivity contribution in [3.8, 4) is 0 Å². The molecule has 98 valence electrons. The number of nitrogens with zero attached hydrogens (tertiary/aromatic N) is 1. The number of aryl methyl sites for hydroxylation is 1. The van der Waals surface area contributed by atoms with Gasteiger partial charge in [-0.3, -0.25) is 4.79 Å². The van der Waals surface area contributed by atoms with E-state index in [2.05, 4.69) is 5.32 Å². The lowest BCUT2D eigenvalue weighted by Crippen LogP contribution is -2.43. The molecule has 1 heterocycles. The first-order chi connectivity index (χ1) is 9.06. The van der Waals surface area contributed by atoms with Crippen LogP contribution in [0.3, 0.4) is 0 Å². The van der Waals surface area contributed by atoms with Crippen molar-refractivity contribution in [1.29, 1.82) is 0 Å². The SMILES string of the molecule is Cc1ccc[n+](CC(=O)Nc2ccc(F)cc2)c1C. The van der Waals surface area contributed by atoms with Crippen LogP contribution in [0.1, 0.15) is 11.3 Å². The van der Waals surface area contributed by atoms with Crippen LogP contribution in [0, 0.1) is 19.7 Å². The highest BCUT2D eigenvalue weighted by Gasteiger charge is 2.13. The monoisotopic (exact) mass is 259 g/mol. The summed E-state index contributed by atoms with van der Waals surface area (Å²) in [7, 11) is 0. The number of benzene rings is 1. The molecule has 0 bridgehead atoms. The summed E-state index contributed by atoms with van der Waals surface area (Å²) in [6, 6.07) is 9.64. The Morgan fingerprint density at radius 1 is 1.21 bits per heavy atom. The largest absolute Gasteiger partial charge is 0.321 e. The summed E-state index contributed by atoms with van der Waals surface area (Å²) in [4.78, 5) is 11.9. The molecule has 0 fully saturated rings. The normalized spacial score (nSPS) is 10.3. The fraction of sp³-hybridized carbons (Fsp3) is 0.200. The Labute approximate surface area is 111 Å². The van der Waals surface area contributed by atoms with E-state index >= 15 is 0 Å². The van der Waals surface area contributed by atoms with Crippen molar-refractivity contribution in [1.82, 2.24) is 0 Å². The Kier molecular flexibility index (Phi) is 3.90. The number of pyridine rings is 1. The molecule has 0 aliphatic rings. The zero-order chi connectivity index (χ0) is 13.8. The number of nitrogens with one attached hydrogen (secondary N) is 1. The zero-order valence-electron chi connectivity index (χ0n) is 11.0. The number of aromatic nitrogens is 1. The van der Waals surface area contributed by atoms with Crippen LogP contribution >= 0.6 is 0 Å². The number of hydrogen-bond donors (Lipinski definition) is 1. The average molecular weight is 259 g/mol. The fourth-order valence-corrected chi connectivity index (χ4v) is 1.81. The van der Waals surface area contributed by atoms with Crippen LogP contribution in [0.4, 0.5) is 10.1 Å². The smallest absolute Gasteiger partial charge is 0.290 e. The topological polar surface area (TPSA) is 33.0 Å². The Morgan fingerprint density at radius 3 is 2.58 bits per heavy atom. The summed E-state index contributed by atoms with van der Waals surface area (Å²) in [6.45, 7) is 4.22. The summed E-state index contributed by atoms with van der Waals surface area (Å²) >= 11 is 0. The predicted molar refractivity (Wildman–Crippen MR) is 71.1 cm³/mol. The number of halogens is 1. The molecule has 2 rings (SSSR count). The Bertz CT molecular complexity index is 594. The molecule has 1 aromatic heterocycles. The first-order valence-electron chi connectivity index (χ1n) is 6.07. The van der Waals surface area contributed by atoms with Gasteiger partial charge in [0.2, 0.25) is 6.54 Å². The number of carbonyl (C=O) groups is 1. The van der Waals surface area contributed by atoms with Crippen LogP contribution in [-0.4, -0.2) is 5.91 Å². The second kappa shape index (κ2) is 5.61. The maximum Gasteiger partial charge on any atom is 0.290 e. The lowest BCUT2D eigenvalue weighted by molar-refractivity contribution is -0.690. The summed E-state index contributed by atoms with van der Waals surface area (Å²) in [5.41, 5.74) is 2.78. The van der Waals surface area contributed by atoms with E-state index in [9.17, 15) is 9.18 Å². The first-order valence-corrected chi connectivity index (χ1v) is 6.07. The molecule has 4 heteroatoms. The summed E-state index contributed by atoms with van der Waals surface area (Å²) in [5, 5.41) is 2.74. The standard InChI is InChI=1S/C15H15FN2O/c1-11-4-3-9-18(12(11)2)10-15(19)17-14-7-5-13(16)6-8-14/h3-9H,10H2,1-2H3/p+1. The molecule has 1 aromatic carbocycles. The molecular formula is C15H16FN2O+. The Hall–Kier alpha value is -2.23. The molecular weight excluding hydrogens is 243 g/mol. The van der Waals surface area contributed by atoms with Crippen LogP contribution in [0.5, 0.6) is 0 Å². The van der Waals surface area contributed by atoms with Crippen molar-refractivity contribution in [2.75, 3.05) is 5.32 Å². The van der Waals surface area contributed by atoms with E-state index in [0.717, 1.165) is 11.3 Å². The predicted octanol–water partition coefficient (Wildman–Crippen LogP) is 2.37. The molecule has 0 radical (unpaired) electrons. The number of rotatable bonds is 3. The van der Waals surface area contributed by atoms with Gasteiger partial charge in [-0.05, 0) is 37.3 Å². The molecule has 2 aromatic rings. The minimum absolute atomic E-state index is 0.134. The average Bonchev–Trinajstić information content (AvgIpc) is 2.38. The van der Waals surface area contributed by atoms with Gasteiger partial charge in [-0.15, -0.1) is 0 Å². The lowest BCUT2D eigenvalue weighted by Gasteiger charge is -2.05. The third-order valence-electron chi connectivity index (χ3n) is 3.06. The highest BCUT2D eigenvalue weighted by molar-refractivity contribution is 5.89. The van der Waals surface area contributed by atoms with Gasteiger partial charge in [-0.2, -0.15) is 4.57 Å². The van der Waals surface area contributed by atoms with Gasteiger partial charge >= 0.3 is 0 Å². The number of carbonyl (C=O) groups excluding carboxylic acids is 1. The van der Waals surface area contributed by atoms with Crippen LogP contribution in [0.25, 0.3) is 0 Å². The molecule has 1 N–H and O–H groups in total. The molecule has 1 amide bonds. The number of amides is 1. The van der Waals surface area contributed by atoms with E-state index in [0.29, 0.717) is 5.69 Å². The van der Waals surface area contributed by atoms with Crippen molar-refractivity contribution >= 4 is 11.6 Å². The molecule has 0 unspecified atom stereocenters. The van der Waals surface area contributed by atoms with E-state index in [4.69, 9.17) is 0 Å². The van der Waals surface area contributed by atoms with E-state index in [1.165, 1.54) is 12.1 Å². The quantitative estimate of drug-likeness (QED) is 0.843. The number of anilines is 1. The Balaban J connectivity index is 2.05. The van der Waals surface area contributed by atoms with E-state index in [1.807, 2.05) is 36.7 Å². The summed E-state index contributed by atoms with van der Waals surface area (Å²) < 4.78 is 14.6. The third kappa shape index (κ3) is 3.37. The van der Waals surface area contributed by atoms with Crippen molar-refractivity contribution in [2.45, 2.75) is 20.4 Å². The van der Waals surface area contributed by atoms with Crippen molar-refractivity contribution in [2.24, 2.45) is 0 Å². The van der Waals surface area contributed by atoms with E-state index < -0.39 is 0 Å². The van der Waals surface area contributed by atoms with Crippen LogP contribution in [0.2, 0.25) is 0 Å². The molecule has 0 aliphatic heterocycles. The van der Waals surface area contributed by atoms with Crippen LogP contribution < -0.4 is 9.88 Å². The van der Waals surface area contributed by atoms with Gasteiger partial charge in [0.05, 0.1) is 0 Å². The first kappa shape index (κ1) is 13.2. The van der Waals surface area contributed by atoms with Crippen LogP contribution in [0.15, 0.2) is 42.6 Å². The highest BCUT2D eigenvalue weighted by Crippen LogP contribution is 2.08. The van der Waals surface area contributed by atoms with Crippen LogP contribution in [-0.2, 0) is 11.3 Å². The van der Waals surface area contributed by atoms with Crippen molar-refractivity contribution in [3.05, 3.63) is 59.7 Å². The molecule has 0 aliphatic carbocycles.